The second kappa shape index (κ2) is 14.6. The van der Waals surface area contributed by atoms with Crippen LogP contribution in [0.4, 0.5) is 0 Å². The average molecular weight is 618 g/mol. The summed E-state index contributed by atoms with van der Waals surface area (Å²) in [5.41, 5.74) is 1.03. The lowest BCUT2D eigenvalue weighted by atomic mass is 9.65. The molecule has 2 saturated heterocycles. The summed E-state index contributed by atoms with van der Waals surface area (Å²) in [5, 5.41) is 7.52. The maximum Gasteiger partial charge on any atom is 0.245 e. The van der Waals surface area contributed by atoms with Crippen LogP contribution in [-0.2, 0) is 26.8 Å². The van der Waals surface area contributed by atoms with Crippen LogP contribution in [0.1, 0.15) is 96.5 Å². The number of likely N-dealkylation sites (tertiary alicyclic amines) is 1. The maximum atomic E-state index is 14.1. The highest BCUT2D eigenvalue weighted by molar-refractivity contribution is 7.85. The molecule has 0 aromatic heterocycles. The minimum Gasteiger partial charge on any atom is -0.343 e. The molecule has 2 heterocycles. The Morgan fingerprint density at radius 1 is 1.00 bits per heavy atom. The molecule has 0 bridgehead atoms. The van der Waals surface area contributed by atoms with E-state index >= 15 is 0 Å². The standard InChI is InChI=1S/C34H52ClN3O3S/c1-24(2)42(41)23-34(28-10-4-3-5-11-28)16-18-38(19-17-34)33(40)31(20-25-12-14-29(35)15-13-25)37-32(39)30-21-26-8-6-7-9-27(26)22-36-30/h12-15,24,26-28,30-31,36H,3-11,16-23H2,1-2H3,(H,37,39)/t26?,27?,30-,31-,42?/m1/s1. The SMILES string of the molecule is CC(C)S(=O)CC1(C2CCCCC2)CCN(C(=O)[C@@H](Cc2ccc(Cl)cc2)NC(=O)[C@H]2CC3CCCCC3CN2)CC1. The van der Waals surface area contributed by atoms with Gasteiger partial charge in [0.15, 0.2) is 0 Å². The van der Waals surface area contributed by atoms with Crippen molar-refractivity contribution in [2.24, 2.45) is 23.2 Å². The van der Waals surface area contributed by atoms with E-state index in [1.165, 1.54) is 57.8 Å². The predicted octanol–water partition coefficient (Wildman–Crippen LogP) is 5.88. The molecule has 5 atom stereocenters. The first-order chi connectivity index (χ1) is 20.2. The summed E-state index contributed by atoms with van der Waals surface area (Å²) in [5.74, 6) is 2.58. The van der Waals surface area contributed by atoms with E-state index < -0.39 is 16.8 Å². The van der Waals surface area contributed by atoms with Crippen LogP contribution in [0.2, 0.25) is 5.02 Å². The molecule has 234 valence electrons. The number of fused-ring (bicyclic) bond motifs is 1. The monoisotopic (exact) mass is 617 g/mol. The van der Waals surface area contributed by atoms with Crippen LogP contribution in [0.25, 0.3) is 0 Å². The van der Waals surface area contributed by atoms with Gasteiger partial charge in [-0.2, -0.15) is 0 Å². The summed E-state index contributed by atoms with van der Waals surface area (Å²) < 4.78 is 13.1. The molecule has 4 fully saturated rings. The van der Waals surface area contributed by atoms with Crippen LogP contribution in [0.5, 0.6) is 0 Å². The Labute approximate surface area is 260 Å². The van der Waals surface area contributed by atoms with Gasteiger partial charge in [-0.1, -0.05) is 76.1 Å². The van der Waals surface area contributed by atoms with Gasteiger partial charge in [-0.05, 0) is 85.9 Å². The maximum absolute atomic E-state index is 14.1. The number of carbonyl (C=O) groups excluding carboxylic acids is 2. The molecule has 0 radical (unpaired) electrons. The molecule has 2 saturated carbocycles. The average Bonchev–Trinajstić information content (AvgIpc) is 3.02. The van der Waals surface area contributed by atoms with Crippen molar-refractivity contribution in [3.05, 3.63) is 34.9 Å². The fourth-order valence-corrected chi connectivity index (χ4v) is 9.85. The summed E-state index contributed by atoms with van der Waals surface area (Å²) in [6.07, 6.45) is 14.4. The van der Waals surface area contributed by atoms with Crippen molar-refractivity contribution < 1.29 is 13.8 Å². The smallest absolute Gasteiger partial charge is 0.245 e. The molecule has 4 aliphatic rings. The van der Waals surface area contributed by atoms with Gasteiger partial charge in [-0.25, -0.2) is 0 Å². The molecule has 8 heteroatoms. The minimum absolute atomic E-state index is 0.00637. The quantitative estimate of drug-likeness (QED) is 0.363. The van der Waals surface area contributed by atoms with Crippen molar-refractivity contribution in [2.75, 3.05) is 25.4 Å². The van der Waals surface area contributed by atoms with Crippen molar-refractivity contribution in [2.45, 2.75) is 115 Å². The van der Waals surface area contributed by atoms with Gasteiger partial charge in [0.2, 0.25) is 11.8 Å². The van der Waals surface area contributed by atoms with Crippen molar-refractivity contribution in [1.29, 1.82) is 0 Å². The Kier molecular flexibility index (Phi) is 11.1. The molecule has 1 aromatic carbocycles. The summed E-state index contributed by atoms with van der Waals surface area (Å²) in [4.78, 5) is 29.7. The first-order valence-electron chi connectivity index (χ1n) is 16.7. The fourth-order valence-electron chi connectivity index (χ4n) is 8.30. The summed E-state index contributed by atoms with van der Waals surface area (Å²) >= 11 is 6.15. The fraction of sp³-hybridized carbons (Fsp3) is 0.765. The largest absolute Gasteiger partial charge is 0.343 e. The summed E-state index contributed by atoms with van der Waals surface area (Å²) in [6, 6.07) is 6.74. The number of benzene rings is 1. The summed E-state index contributed by atoms with van der Waals surface area (Å²) in [7, 11) is -0.862. The molecule has 2 N–H and O–H groups in total. The number of nitrogens with one attached hydrogen (secondary N) is 2. The van der Waals surface area contributed by atoms with E-state index in [4.69, 9.17) is 11.6 Å². The van der Waals surface area contributed by atoms with Gasteiger partial charge < -0.3 is 15.5 Å². The van der Waals surface area contributed by atoms with Gasteiger partial charge in [0.05, 0.1) is 6.04 Å². The van der Waals surface area contributed by atoms with Gasteiger partial charge in [-0.15, -0.1) is 0 Å². The molecule has 2 aliphatic carbocycles. The second-order valence-electron chi connectivity index (χ2n) is 14.0. The zero-order valence-corrected chi connectivity index (χ0v) is 27.3. The normalized spacial score (nSPS) is 28.1. The van der Waals surface area contributed by atoms with Gasteiger partial charge in [0.1, 0.15) is 6.04 Å². The van der Waals surface area contributed by atoms with E-state index in [-0.39, 0.29) is 28.5 Å². The zero-order valence-electron chi connectivity index (χ0n) is 25.8. The van der Waals surface area contributed by atoms with E-state index in [0.717, 1.165) is 37.1 Å². The lowest BCUT2D eigenvalue weighted by Crippen LogP contribution is -2.58. The molecule has 6 nitrogen and oxygen atoms in total. The van der Waals surface area contributed by atoms with Crippen molar-refractivity contribution in [3.63, 3.8) is 0 Å². The Balaban J connectivity index is 1.28. The van der Waals surface area contributed by atoms with Gasteiger partial charge >= 0.3 is 0 Å². The number of rotatable bonds is 9. The minimum atomic E-state index is -0.862. The molecule has 3 unspecified atom stereocenters. The lowest BCUT2D eigenvalue weighted by molar-refractivity contribution is -0.139. The molecule has 0 spiro atoms. The Bertz CT molecular complexity index is 1080. The van der Waals surface area contributed by atoms with Crippen LogP contribution in [0.15, 0.2) is 24.3 Å². The van der Waals surface area contributed by atoms with Crippen molar-refractivity contribution in [1.82, 2.24) is 15.5 Å². The van der Waals surface area contributed by atoms with Crippen LogP contribution in [0.3, 0.4) is 0 Å². The number of carbonyl (C=O) groups is 2. The molecule has 2 amide bonds. The molecule has 42 heavy (non-hydrogen) atoms. The highest BCUT2D eigenvalue weighted by Gasteiger charge is 2.45. The topological polar surface area (TPSA) is 78.5 Å². The second-order valence-corrected chi connectivity index (χ2v) is 16.4. The number of piperidine rings is 2. The Hall–Kier alpha value is -1.44. The number of hydrogen-bond donors (Lipinski definition) is 2. The van der Waals surface area contributed by atoms with Gasteiger partial charge in [-0.3, -0.25) is 13.8 Å². The molecule has 2 aliphatic heterocycles. The van der Waals surface area contributed by atoms with Gasteiger partial charge in [0.25, 0.3) is 0 Å². The van der Waals surface area contributed by atoms with E-state index in [0.29, 0.717) is 42.3 Å². The Morgan fingerprint density at radius 3 is 2.31 bits per heavy atom. The lowest BCUT2D eigenvalue weighted by Gasteiger charge is -2.48. The van der Waals surface area contributed by atoms with E-state index in [2.05, 4.69) is 24.5 Å². The first kappa shape index (κ1) is 32.0. The third-order valence-electron chi connectivity index (χ3n) is 11.0. The number of hydrogen-bond acceptors (Lipinski definition) is 4. The number of amides is 2. The zero-order chi connectivity index (χ0) is 29.7. The van der Waals surface area contributed by atoms with Gasteiger partial charge in [0, 0.05) is 46.3 Å². The predicted molar refractivity (Wildman–Crippen MR) is 172 cm³/mol. The first-order valence-corrected chi connectivity index (χ1v) is 18.4. The molecule has 1 aromatic rings. The highest BCUT2D eigenvalue weighted by Crippen LogP contribution is 2.47. The van der Waals surface area contributed by atoms with Crippen LogP contribution < -0.4 is 10.6 Å². The Morgan fingerprint density at radius 2 is 1.64 bits per heavy atom. The summed E-state index contributed by atoms with van der Waals surface area (Å²) in [6.45, 7) is 6.35. The van der Waals surface area contributed by atoms with E-state index in [9.17, 15) is 13.8 Å². The third-order valence-corrected chi connectivity index (χ3v) is 13.2. The van der Waals surface area contributed by atoms with Crippen molar-refractivity contribution >= 4 is 34.2 Å². The van der Waals surface area contributed by atoms with E-state index in [1.54, 1.807) is 0 Å². The molecular formula is C34H52ClN3O3S. The third kappa shape index (κ3) is 7.79. The number of nitrogens with zero attached hydrogens (tertiary/aromatic N) is 1. The van der Waals surface area contributed by atoms with Crippen LogP contribution in [-0.4, -0.2) is 63.6 Å². The highest BCUT2D eigenvalue weighted by atomic mass is 35.5. The number of halogens is 1. The van der Waals surface area contributed by atoms with Crippen LogP contribution >= 0.6 is 11.6 Å². The molecular weight excluding hydrogens is 566 g/mol. The molecule has 5 rings (SSSR count). The van der Waals surface area contributed by atoms with Crippen molar-refractivity contribution in [3.8, 4) is 0 Å². The van der Waals surface area contributed by atoms with E-state index in [1.807, 2.05) is 29.2 Å². The van der Waals surface area contributed by atoms with Crippen LogP contribution in [0, 0.1) is 23.2 Å².